The zero-order chi connectivity index (χ0) is 23.0. The molecule has 0 N–H and O–H groups in total. The molecule has 0 unspecified atom stereocenters. The molecule has 32 heavy (non-hydrogen) atoms. The molecule has 0 bridgehead atoms. The summed E-state index contributed by atoms with van der Waals surface area (Å²) >= 11 is 0. The smallest absolute Gasteiger partial charge is 0.338 e. The first kappa shape index (κ1) is 23.6. The molecule has 0 atom stereocenters. The van der Waals surface area contributed by atoms with Gasteiger partial charge in [-0.05, 0) is 69.3 Å². The third-order valence-corrected chi connectivity index (χ3v) is 6.88. The van der Waals surface area contributed by atoms with Crippen LogP contribution in [0.1, 0.15) is 37.6 Å². The fraction of sp³-hybridized carbons (Fsp3) is 0.259. The fourth-order valence-electron chi connectivity index (χ4n) is 2.94. The molecule has 0 spiro atoms. The highest BCUT2D eigenvalue weighted by Gasteiger charge is 2.28. The first-order chi connectivity index (χ1) is 15.4. The van der Waals surface area contributed by atoms with Gasteiger partial charge in [0.1, 0.15) is 0 Å². The summed E-state index contributed by atoms with van der Waals surface area (Å²) in [6.45, 7) is 5.86. The second-order valence-corrected chi connectivity index (χ2v) is 10.4. The molecule has 0 saturated heterocycles. The lowest BCUT2D eigenvalue weighted by molar-refractivity contribution is -0.153. The number of carbonyl (C=O) groups is 2. The summed E-state index contributed by atoms with van der Waals surface area (Å²) in [4.78, 5) is 27.7. The molecule has 0 aliphatic carbocycles. The fourth-order valence-corrected chi connectivity index (χ4v) is 5.02. The summed E-state index contributed by atoms with van der Waals surface area (Å²) in [5, 5.41) is 0. The van der Waals surface area contributed by atoms with Gasteiger partial charge in [-0.1, -0.05) is 36.4 Å². The van der Waals surface area contributed by atoms with E-state index in [4.69, 9.17) is 9.47 Å². The summed E-state index contributed by atoms with van der Waals surface area (Å²) in [7, 11) is -0.257. The Balaban J connectivity index is 1.62. The largest absolute Gasteiger partial charge is 0.465 e. The monoisotopic (exact) mass is 449 g/mol. The van der Waals surface area contributed by atoms with Crippen molar-refractivity contribution in [3.05, 3.63) is 90.5 Å². The zero-order valence-electron chi connectivity index (χ0n) is 18.7. The SMILES string of the molecule is CC(C)(C)C(=O)OCCCOC(=O)c1ccc([S+](c2ccccc2)c2ccccc2)cc1. The van der Waals surface area contributed by atoms with Gasteiger partial charge in [0.05, 0.1) is 35.1 Å². The Labute approximate surface area is 192 Å². The van der Waals surface area contributed by atoms with Gasteiger partial charge in [-0.3, -0.25) is 4.79 Å². The predicted octanol–water partition coefficient (Wildman–Crippen LogP) is 5.92. The summed E-state index contributed by atoms with van der Waals surface area (Å²) in [6, 6.07) is 28.3. The van der Waals surface area contributed by atoms with Crippen LogP contribution >= 0.6 is 0 Å². The number of esters is 2. The molecule has 3 aromatic rings. The van der Waals surface area contributed by atoms with Crippen LogP contribution in [0.2, 0.25) is 0 Å². The zero-order valence-corrected chi connectivity index (χ0v) is 19.6. The number of rotatable bonds is 8. The highest BCUT2D eigenvalue weighted by molar-refractivity contribution is 7.97. The van der Waals surface area contributed by atoms with Crippen LogP contribution in [-0.2, 0) is 25.2 Å². The lowest BCUT2D eigenvalue weighted by Crippen LogP contribution is -2.23. The highest BCUT2D eigenvalue weighted by Crippen LogP contribution is 2.31. The van der Waals surface area contributed by atoms with Gasteiger partial charge in [-0.25, -0.2) is 4.79 Å². The van der Waals surface area contributed by atoms with Crippen LogP contribution in [0.3, 0.4) is 0 Å². The molecule has 3 aromatic carbocycles. The van der Waals surface area contributed by atoms with Crippen LogP contribution < -0.4 is 0 Å². The van der Waals surface area contributed by atoms with Gasteiger partial charge >= 0.3 is 11.9 Å². The molecular weight excluding hydrogens is 420 g/mol. The molecule has 4 nitrogen and oxygen atoms in total. The summed E-state index contributed by atoms with van der Waals surface area (Å²) in [5.74, 6) is -0.635. The van der Waals surface area contributed by atoms with Crippen LogP contribution in [0.15, 0.2) is 99.6 Å². The maximum Gasteiger partial charge on any atom is 0.338 e. The van der Waals surface area contributed by atoms with Crippen LogP contribution in [0.25, 0.3) is 0 Å². The maximum absolute atomic E-state index is 12.4. The molecule has 0 saturated carbocycles. The van der Waals surface area contributed by atoms with E-state index in [1.165, 1.54) is 9.79 Å². The number of carbonyl (C=O) groups excluding carboxylic acids is 2. The Kier molecular flexibility index (Phi) is 8.12. The Morgan fingerprint density at radius 1 is 0.688 bits per heavy atom. The van der Waals surface area contributed by atoms with Crippen molar-refractivity contribution in [2.45, 2.75) is 41.9 Å². The summed E-state index contributed by atoms with van der Waals surface area (Å²) < 4.78 is 10.5. The Hall–Kier alpha value is -3.05. The molecule has 0 aliphatic heterocycles. The number of benzene rings is 3. The summed E-state index contributed by atoms with van der Waals surface area (Å²) in [5.41, 5.74) is -0.0266. The molecule has 3 rings (SSSR count). The normalized spacial score (nSPS) is 11.2. The molecule has 0 radical (unpaired) electrons. The average Bonchev–Trinajstić information content (AvgIpc) is 2.80. The standard InChI is InChI=1S/C27H29O4S/c1-27(2,3)26(29)31-20-10-19-30-25(28)21-15-17-24(18-16-21)32(22-11-6-4-7-12-22)23-13-8-5-9-14-23/h4-9,11-18H,10,19-20H2,1-3H3/q+1. The first-order valence-corrected chi connectivity index (χ1v) is 11.9. The lowest BCUT2D eigenvalue weighted by Gasteiger charge is -2.16. The van der Waals surface area contributed by atoms with Gasteiger partial charge in [0.2, 0.25) is 0 Å². The Morgan fingerprint density at radius 3 is 1.66 bits per heavy atom. The van der Waals surface area contributed by atoms with Gasteiger partial charge < -0.3 is 9.47 Å². The topological polar surface area (TPSA) is 52.6 Å². The molecule has 0 amide bonds. The average molecular weight is 450 g/mol. The van der Waals surface area contributed by atoms with E-state index in [1.54, 1.807) is 20.8 Å². The molecule has 0 fully saturated rings. The van der Waals surface area contributed by atoms with E-state index in [2.05, 4.69) is 24.3 Å². The molecule has 0 aromatic heterocycles. The van der Waals surface area contributed by atoms with E-state index in [0.717, 1.165) is 4.90 Å². The van der Waals surface area contributed by atoms with Crippen molar-refractivity contribution in [3.8, 4) is 0 Å². The highest BCUT2D eigenvalue weighted by atomic mass is 32.2. The Morgan fingerprint density at radius 2 is 1.16 bits per heavy atom. The maximum atomic E-state index is 12.4. The van der Waals surface area contributed by atoms with Gasteiger partial charge in [0.15, 0.2) is 14.7 Å². The van der Waals surface area contributed by atoms with Crippen LogP contribution in [0, 0.1) is 5.41 Å². The van der Waals surface area contributed by atoms with Gasteiger partial charge in [-0.2, -0.15) is 0 Å². The van der Waals surface area contributed by atoms with Crippen molar-refractivity contribution in [1.82, 2.24) is 0 Å². The molecule has 0 aliphatic rings. The third kappa shape index (κ3) is 6.47. The quantitative estimate of drug-likeness (QED) is 0.243. The van der Waals surface area contributed by atoms with Crippen molar-refractivity contribution in [2.75, 3.05) is 13.2 Å². The van der Waals surface area contributed by atoms with E-state index < -0.39 is 5.41 Å². The van der Waals surface area contributed by atoms with Gasteiger partial charge in [-0.15, -0.1) is 0 Å². The predicted molar refractivity (Wildman–Crippen MR) is 127 cm³/mol. The summed E-state index contributed by atoms with van der Waals surface area (Å²) in [6.07, 6.45) is 0.469. The van der Waals surface area contributed by atoms with E-state index in [-0.39, 0.29) is 36.0 Å². The second kappa shape index (κ2) is 11.0. The van der Waals surface area contributed by atoms with Crippen molar-refractivity contribution in [1.29, 1.82) is 0 Å². The minimum Gasteiger partial charge on any atom is -0.465 e. The van der Waals surface area contributed by atoms with Crippen molar-refractivity contribution >= 4 is 22.8 Å². The van der Waals surface area contributed by atoms with Gasteiger partial charge in [0, 0.05) is 6.42 Å². The number of ether oxygens (including phenoxy) is 2. The van der Waals surface area contributed by atoms with Crippen molar-refractivity contribution in [2.24, 2.45) is 5.41 Å². The minimum absolute atomic E-state index is 0.205. The lowest BCUT2D eigenvalue weighted by atomic mass is 9.97. The first-order valence-electron chi connectivity index (χ1n) is 10.6. The Bertz CT molecular complexity index is 970. The van der Waals surface area contributed by atoms with E-state index in [0.29, 0.717) is 12.0 Å². The molecule has 0 heterocycles. The van der Waals surface area contributed by atoms with Crippen molar-refractivity contribution in [3.63, 3.8) is 0 Å². The van der Waals surface area contributed by atoms with Crippen LogP contribution in [0.4, 0.5) is 0 Å². The van der Waals surface area contributed by atoms with Crippen molar-refractivity contribution < 1.29 is 19.1 Å². The number of hydrogen-bond donors (Lipinski definition) is 0. The molecule has 166 valence electrons. The van der Waals surface area contributed by atoms with Crippen LogP contribution in [0.5, 0.6) is 0 Å². The number of hydrogen-bond acceptors (Lipinski definition) is 4. The third-order valence-electron chi connectivity index (χ3n) is 4.65. The van der Waals surface area contributed by atoms with E-state index in [1.807, 2.05) is 60.7 Å². The van der Waals surface area contributed by atoms with Gasteiger partial charge in [0.25, 0.3) is 0 Å². The molecular formula is C27H29O4S+. The van der Waals surface area contributed by atoms with Crippen LogP contribution in [-0.4, -0.2) is 25.2 Å². The van der Waals surface area contributed by atoms with E-state index in [9.17, 15) is 9.59 Å². The molecule has 5 heteroatoms. The second-order valence-electron chi connectivity index (χ2n) is 8.33. The van der Waals surface area contributed by atoms with E-state index >= 15 is 0 Å². The minimum atomic E-state index is -0.531.